The smallest absolute Gasteiger partial charge is 0.218 e. The molecule has 1 aliphatic rings. The quantitative estimate of drug-likeness (QED) is 0.160. The second-order valence-corrected chi connectivity index (χ2v) is 18.7. The molecule has 39 heavy (non-hydrogen) atoms. The summed E-state index contributed by atoms with van der Waals surface area (Å²) >= 11 is -1.72. The maximum Gasteiger partial charge on any atom is 0.643 e. The molecule has 0 atom stereocenters. The minimum absolute atomic E-state index is 0.143. The molecule has 0 aromatic heterocycles. The fraction of sp³-hybridized carbons (Fsp3) is 0.111. The average Bonchev–Trinajstić information content (AvgIpc) is 2.85. The molecule has 0 saturated carbocycles. The molecule has 206 valence electrons. The molecule has 0 spiro atoms. The van der Waals surface area contributed by atoms with E-state index in [0.29, 0.717) is 0 Å². The molecule has 0 unspecified atom stereocenters. The van der Waals surface area contributed by atoms with Crippen molar-refractivity contribution in [1.82, 2.24) is 0 Å². The zero-order valence-corrected chi connectivity index (χ0v) is 26.9. The maximum absolute atomic E-state index is 12.2. The number of benzene rings is 3. The summed E-state index contributed by atoms with van der Waals surface area (Å²) in [6.45, 7) is 5.64. The maximum atomic E-state index is 12.2. The zero-order valence-electron chi connectivity index (χ0n) is 21.1. The van der Waals surface area contributed by atoms with Crippen molar-refractivity contribution in [2.45, 2.75) is 30.6 Å². The standard InChI is InChI=1S/C14H12O2S.C7H7ClO2S.C6H5F.Al.3ClH/c1-11-3-7-13(8-4-11)17(15,16)14-9-5-12(2)6-10-14;1-6-2-4-7(5-3-6)11(8,9)10;7-6-4-2-1-3-5-6;;;;/h3-5,7-9H,1-2H3;2-5H,1H3;1-5H;;3*1H/q;;;+3;;;/p-3. The minimum Gasteiger partial charge on any atom is -0.218 e. The molecule has 0 fully saturated rings. The largest absolute Gasteiger partial charge is 0.643 e. The molecule has 0 heterocycles. The van der Waals surface area contributed by atoms with Crippen LogP contribution >= 0.6 is 40.8 Å². The molecule has 0 saturated heterocycles. The number of halogens is 5. The molecule has 0 amide bonds. The van der Waals surface area contributed by atoms with Crippen LogP contribution in [0.5, 0.6) is 0 Å². The number of sulfone groups is 1. The summed E-state index contributed by atoms with van der Waals surface area (Å²) < 4.78 is 57.7. The van der Waals surface area contributed by atoms with E-state index in [0.717, 1.165) is 16.7 Å². The number of hydrogen-bond donors (Lipinski definition) is 0. The summed E-state index contributed by atoms with van der Waals surface area (Å²) in [5.74, 6) is -0.178. The number of aryl methyl sites for hydroxylation is 2. The monoisotopic (exact) mass is 662 g/mol. The molecule has 3 aromatic carbocycles. The van der Waals surface area contributed by atoms with E-state index in [4.69, 9.17) is 40.8 Å². The van der Waals surface area contributed by atoms with Gasteiger partial charge < -0.3 is 0 Å². The molecule has 3 aromatic rings. The van der Waals surface area contributed by atoms with Crippen LogP contribution in [0.2, 0.25) is 0 Å². The molecule has 4 nitrogen and oxygen atoms in total. The van der Waals surface area contributed by atoms with E-state index in [2.05, 4.69) is 11.5 Å². The van der Waals surface area contributed by atoms with Gasteiger partial charge in [-0.2, -0.15) is 0 Å². The molecule has 0 radical (unpaired) electrons. The highest BCUT2D eigenvalue weighted by atomic mass is 35.8. The van der Waals surface area contributed by atoms with Gasteiger partial charge >= 0.3 is 11.4 Å². The Balaban J connectivity index is 0.000000296. The van der Waals surface area contributed by atoms with Gasteiger partial charge in [-0.3, -0.25) is 0 Å². The van der Waals surface area contributed by atoms with Gasteiger partial charge in [0.1, 0.15) is 10.7 Å². The van der Waals surface area contributed by atoms with E-state index in [1.54, 1.807) is 66.7 Å². The second kappa shape index (κ2) is 17.1. The van der Waals surface area contributed by atoms with Crippen molar-refractivity contribution in [2.24, 2.45) is 0 Å². The highest BCUT2D eigenvalue weighted by Crippen LogP contribution is 2.21. The normalized spacial score (nSPS) is 11.8. The first-order valence-corrected chi connectivity index (χ1v) is 20.0. The predicted octanol–water partition coefficient (Wildman–Crippen LogP) is 8.36. The van der Waals surface area contributed by atoms with Gasteiger partial charge in [0.05, 0.1) is 9.79 Å². The van der Waals surface area contributed by atoms with Crippen LogP contribution in [0.25, 0.3) is 0 Å². The lowest BCUT2D eigenvalue weighted by atomic mass is 10.2. The molecular formula is C27H24AlCl4FO4S2. The molecule has 12 heteroatoms. The fourth-order valence-corrected chi connectivity index (χ4v) is 4.51. The van der Waals surface area contributed by atoms with Gasteiger partial charge in [0.2, 0.25) is 9.84 Å². The SMILES string of the molecule is CC1=C=C=C(S(=O)(=O)c2ccc(C)cc2)C=C1.Cc1ccc(S(=O)(=O)Cl)cc1.Fc1ccccc1.[Cl][Al]([Cl])[Cl]. The third-order valence-corrected chi connectivity index (χ3v) is 7.60. The van der Waals surface area contributed by atoms with Crippen LogP contribution in [-0.2, 0) is 18.9 Å². The van der Waals surface area contributed by atoms with Crippen molar-refractivity contribution in [2.75, 3.05) is 0 Å². The first-order chi connectivity index (χ1) is 18.1. The molecule has 0 N–H and O–H groups in total. The average molecular weight is 664 g/mol. The van der Waals surface area contributed by atoms with Crippen LogP contribution in [0.4, 0.5) is 4.39 Å². The van der Waals surface area contributed by atoms with Crippen LogP contribution in [0.3, 0.4) is 0 Å². The summed E-state index contributed by atoms with van der Waals surface area (Å²) in [6.07, 6.45) is 3.28. The second-order valence-electron chi connectivity index (χ2n) is 7.74. The Kier molecular flexibility index (Phi) is 15.5. The first kappa shape index (κ1) is 35.2. The van der Waals surface area contributed by atoms with Crippen molar-refractivity contribution in [3.05, 3.63) is 130 Å². The van der Waals surface area contributed by atoms with Crippen LogP contribution in [-0.4, -0.2) is 28.2 Å². The Morgan fingerprint density at radius 1 is 0.667 bits per heavy atom. The molecule has 0 aliphatic heterocycles. The topological polar surface area (TPSA) is 68.3 Å². The lowest BCUT2D eigenvalue weighted by Crippen LogP contribution is -2.03. The summed E-state index contributed by atoms with van der Waals surface area (Å²) in [7, 11) is 12.9. The summed E-state index contributed by atoms with van der Waals surface area (Å²) in [5.41, 5.74) is 8.37. The summed E-state index contributed by atoms with van der Waals surface area (Å²) in [4.78, 5) is 0.591. The van der Waals surface area contributed by atoms with Crippen LogP contribution in [0.15, 0.2) is 123 Å². The van der Waals surface area contributed by atoms with Gasteiger partial charge in [-0.25, -0.2) is 51.4 Å². The Hall–Kier alpha value is -1.78. The van der Waals surface area contributed by atoms with E-state index in [1.807, 2.05) is 20.8 Å². The predicted molar refractivity (Wildman–Crippen MR) is 161 cm³/mol. The minimum atomic E-state index is -3.55. The lowest BCUT2D eigenvalue weighted by Gasteiger charge is -2.04. The highest BCUT2D eigenvalue weighted by molar-refractivity contribution is 8.13. The van der Waals surface area contributed by atoms with E-state index < -0.39 is 30.3 Å². The Morgan fingerprint density at radius 2 is 1.10 bits per heavy atom. The first-order valence-electron chi connectivity index (χ1n) is 11.0. The van der Waals surface area contributed by atoms with Gasteiger partial charge in [0.15, 0.2) is 0 Å². The van der Waals surface area contributed by atoms with Gasteiger partial charge in [0, 0.05) is 10.7 Å². The van der Waals surface area contributed by atoms with E-state index in [9.17, 15) is 21.2 Å². The zero-order chi connectivity index (χ0) is 29.6. The number of allylic oxidation sites excluding steroid dienone is 3. The molecular weight excluding hydrogens is 640 g/mol. The molecule has 4 rings (SSSR count). The van der Waals surface area contributed by atoms with Gasteiger partial charge in [-0.1, -0.05) is 59.3 Å². The summed E-state index contributed by atoms with van der Waals surface area (Å²) in [6, 6.07) is 21.1. The Labute approximate surface area is 251 Å². The van der Waals surface area contributed by atoms with Gasteiger partial charge in [-0.05, 0) is 80.6 Å². The fourth-order valence-electron chi connectivity index (χ4n) is 2.56. The lowest BCUT2D eigenvalue weighted by molar-refractivity contribution is 0.602. The van der Waals surface area contributed by atoms with Crippen molar-refractivity contribution in [3.8, 4) is 0 Å². The van der Waals surface area contributed by atoms with Crippen molar-refractivity contribution >= 4 is 71.1 Å². The van der Waals surface area contributed by atoms with E-state index in [1.165, 1.54) is 24.3 Å². The van der Waals surface area contributed by atoms with Crippen molar-refractivity contribution < 1.29 is 21.2 Å². The van der Waals surface area contributed by atoms with Gasteiger partial charge in [-0.15, -0.1) is 0 Å². The highest BCUT2D eigenvalue weighted by Gasteiger charge is 2.19. The Bertz CT molecular complexity index is 1560. The van der Waals surface area contributed by atoms with Crippen LogP contribution < -0.4 is 0 Å². The van der Waals surface area contributed by atoms with E-state index in [-0.39, 0.29) is 20.5 Å². The third kappa shape index (κ3) is 14.4. The third-order valence-electron chi connectivity index (χ3n) is 4.52. The van der Waals surface area contributed by atoms with Crippen molar-refractivity contribution in [1.29, 1.82) is 0 Å². The molecule has 1 aliphatic carbocycles. The Morgan fingerprint density at radius 3 is 1.44 bits per heavy atom. The molecule has 0 bridgehead atoms. The number of rotatable bonds is 3. The van der Waals surface area contributed by atoms with E-state index >= 15 is 0 Å². The summed E-state index contributed by atoms with van der Waals surface area (Å²) in [5, 5.41) is 0. The van der Waals surface area contributed by atoms with Crippen LogP contribution in [0.1, 0.15) is 18.1 Å². The van der Waals surface area contributed by atoms with Crippen LogP contribution in [0, 0.1) is 19.7 Å². The van der Waals surface area contributed by atoms with Gasteiger partial charge in [0.25, 0.3) is 9.05 Å². The van der Waals surface area contributed by atoms with Crippen molar-refractivity contribution in [3.63, 3.8) is 0 Å². The number of hydrogen-bond acceptors (Lipinski definition) is 4.